The molecule has 0 aliphatic heterocycles. The van der Waals surface area contributed by atoms with Gasteiger partial charge in [-0.3, -0.25) is 0 Å². The highest BCUT2D eigenvalue weighted by Crippen LogP contribution is 2.18. The second kappa shape index (κ2) is 6.08. The van der Waals surface area contributed by atoms with E-state index in [-0.39, 0.29) is 0 Å². The molecular weight excluding hydrogens is 256 g/mol. The number of hydrogen-bond acceptors (Lipinski definition) is 6. The lowest BCUT2D eigenvalue weighted by molar-refractivity contribution is 0.511. The summed E-state index contributed by atoms with van der Waals surface area (Å²) in [5.74, 6) is 0.824. The summed E-state index contributed by atoms with van der Waals surface area (Å²) in [5, 5.41) is 23.5. The summed E-state index contributed by atoms with van der Waals surface area (Å²) in [7, 11) is 0. The molecule has 0 radical (unpaired) electrons. The van der Waals surface area contributed by atoms with Gasteiger partial charge in [0.05, 0.1) is 11.9 Å². The monoisotopic (exact) mass is 276 g/mol. The zero-order valence-electron chi connectivity index (χ0n) is 11.7. The minimum absolute atomic E-state index is 0.563. The van der Waals surface area contributed by atoms with E-state index in [1.165, 1.54) is 12.8 Å². The topological polar surface area (TPSA) is 86.3 Å². The fourth-order valence-corrected chi connectivity index (χ4v) is 2.00. The van der Waals surface area contributed by atoms with Crippen LogP contribution in [-0.4, -0.2) is 41.2 Å². The molecule has 0 aromatic carbocycles. The molecule has 108 valence electrons. The van der Waals surface area contributed by atoms with Crippen molar-refractivity contribution >= 4 is 0 Å². The molecule has 1 aliphatic rings. The third-order valence-corrected chi connectivity index (χ3v) is 3.37. The zero-order valence-corrected chi connectivity index (χ0v) is 11.7. The first-order chi connectivity index (χ1) is 9.85. The standard InChI is InChI=1S/C12H20N8/c1-2-3-6-20-12(15-16-18-20)9-19-8-11(14-17-19)7-13-10-4-5-10/h8,10,13H,2-7,9H2,1H3. The Morgan fingerprint density at radius 2 is 2.20 bits per heavy atom. The molecule has 8 heteroatoms. The van der Waals surface area contributed by atoms with E-state index in [2.05, 4.69) is 38.1 Å². The molecule has 0 spiro atoms. The number of rotatable bonds is 8. The van der Waals surface area contributed by atoms with Crippen LogP contribution in [0.25, 0.3) is 0 Å². The van der Waals surface area contributed by atoms with Crippen molar-refractivity contribution in [1.82, 2.24) is 40.5 Å². The van der Waals surface area contributed by atoms with E-state index in [4.69, 9.17) is 0 Å². The van der Waals surface area contributed by atoms with E-state index in [9.17, 15) is 0 Å². The van der Waals surface area contributed by atoms with Gasteiger partial charge in [-0.2, -0.15) is 0 Å². The number of aromatic nitrogens is 7. The minimum atomic E-state index is 0.563. The van der Waals surface area contributed by atoms with Gasteiger partial charge < -0.3 is 5.32 Å². The van der Waals surface area contributed by atoms with Crippen LogP contribution >= 0.6 is 0 Å². The molecule has 0 atom stereocenters. The quantitative estimate of drug-likeness (QED) is 0.749. The van der Waals surface area contributed by atoms with Crippen molar-refractivity contribution in [3.63, 3.8) is 0 Å². The van der Waals surface area contributed by atoms with Crippen molar-refractivity contribution in [2.24, 2.45) is 0 Å². The summed E-state index contributed by atoms with van der Waals surface area (Å²) in [6.07, 6.45) is 6.71. The first-order valence-electron chi connectivity index (χ1n) is 7.22. The van der Waals surface area contributed by atoms with Gasteiger partial charge in [-0.05, 0) is 29.7 Å². The van der Waals surface area contributed by atoms with Gasteiger partial charge in [-0.1, -0.05) is 18.6 Å². The van der Waals surface area contributed by atoms with E-state index >= 15 is 0 Å². The second-order valence-corrected chi connectivity index (χ2v) is 5.23. The number of nitrogens with one attached hydrogen (secondary N) is 1. The fraction of sp³-hybridized carbons (Fsp3) is 0.750. The van der Waals surface area contributed by atoms with Crippen LogP contribution in [0.1, 0.15) is 44.1 Å². The smallest absolute Gasteiger partial charge is 0.172 e. The summed E-state index contributed by atoms with van der Waals surface area (Å²) in [4.78, 5) is 0. The molecule has 0 amide bonds. The Balaban J connectivity index is 1.57. The Bertz CT molecular complexity index is 541. The SMILES string of the molecule is CCCCn1nnnc1Cn1cc(CNC2CC2)nn1. The fourth-order valence-electron chi connectivity index (χ4n) is 2.00. The summed E-state index contributed by atoms with van der Waals surface area (Å²) in [5.41, 5.74) is 0.962. The molecule has 8 nitrogen and oxygen atoms in total. The van der Waals surface area contributed by atoms with Crippen molar-refractivity contribution < 1.29 is 0 Å². The maximum absolute atomic E-state index is 4.16. The summed E-state index contributed by atoms with van der Waals surface area (Å²) >= 11 is 0. The third kappa shape index (κ3) is 3.38. The summed E-state index contributed by atoms with van der Waals surface area (Å²) < 4.78 is 3.63. The number of nitrogens with zero attached hydrogens (tertiary/aromatic N) is 7. The molecule has 0 saturated heterocycles. The lowest BCUT2D eigenvalue weighted by atomic mass is 10.3. The van der Waals surface area contributed by atoms with Gasteiger partial charge in [0.2, 0.25) is 0 Å². The van der Waals surface area contributed by atoms with E-state index in [1.807, 2.05) is 10.9 Å². The second-order valence-electron chi connectivity index (χ2n) is 5.23. The predicted octanol–water partition coefficient (Wildman–Crippen LogP) is 0.365. The average Bonchev–Trinajstić information content (AvgIpc) is 3.01. The van der Waals surface area contributed by atoms with E-state index in [1.54, 1.807) is 4.68 Å². The van der Waals surface area contributed by atoms with Gasteiger partial charge in [0, 0.05) is 19.1 Å². The number of hydrogen-bond donors (Lipinski definition) is 1. The van der Waals surface area contributed by atoms with Crippen LogP contribution in [0, 0.1) is 0 Å². The van der Waals surface area contributed by atoms with Crippen LogP contribution < -0.4 is 5.32 Å². The largest absolute Gasteiger partial charge is 0.308 e. The highest BCUT2D eigenvalue weighted by molar-refractivity contribution is 4.95. The molecule has 2 aromatic rings. The van der Waals surface area contributed by atoms with Crippen molar-refractivity contribution in [3.8, 4) is 0 Å². The van der Waals surface area contributed by atoms with Crippen LogP contribution in [0.4, 0.5) is 0 Å². The Morgan fingerprint density at radius 3 is 3.00 bits per heavy atom. The van der Waals surface area contributed by atoms with E-state index in [0.717, 1.165) is 37.4 Å². The van der Waals surface area contributed by atoms with Crippen molar-refractivity contribution in [2.75, 3.05) is 0 Å². The van der Waals surface area contributed by atoms with Crippen molar-refractivity contribution in [2.45, 2.75) is 58.3 Å². The van der Waals surface area contributed by atoms with E-state index in [0.29, 0.717) is 12.6 Å². The summed E-state index contributed by atoms with van der Waals surface area (Å²) in [6.45, 7) is 4.35. The number of tetrazole rings is 1. The maximum atomic E-state index is 4.16. The predicted molar refractivity (Wildman–Crippen MR) is 71.7 cm³/mol. The van der Waals surface area contributed by atoms with Gasteiger partial charge in [-0.15, -0.1) is 10.2 Å². The Morgan fingerprint density at radius 1 is 1.30 bits per heavy atom. The van der Waals surface area contributed by atoms with Gasteiger partial charge in [0.25, 0.3) is 0 Å². The van der Waals surface area contributed by atoms with Crippen LogP contribution in [-0.2, 0) is 19.6 Å². The number of aryl methyl sites for hydroxylation is 1. The zero-order chi connectivity index (χ0) is 13.8. The summed E-state index contributed by atoms with van der Waals surface area (Å²) in [6, 6.07) is 0.682. The van der Waals surface area contributed by atoms with Crippen LogP contribution in [0.3, 0.4) is 0 Å². The normalized spacial score (nSPS) is 14.8. The Labute approximate surface area is 117 Å². The lowest BCUT2D eigenvalue weighted by Gasteiger charge is -2.02. The van der Waals surface area contributed by atoms with Crippen LogP contribution in [0.15, 0.2) is 6.20 Å². The van der Waals surface area contributed by atoms with Crippen LogP contribution in [0.2, 0.25) is 0 Å². The molecule has 1 saturated carbocycles. The maximum Gasteiger partial charge on any atom is 0.172 e. The van der Waals surface area contributed by atoms with E-state index < -0.39 is 0 Å². The van der Waals surface area contributed by atoms with Gasteiger partial charge >= 0.3 is 0 Å². The van der Waals surface area contributed by atoms with Gasteiger partial charge in [-0.25, -0.2) is 9.36 Å². The number of unbranched alkanes of at least 4 members (excludes halogenated alkanes) is 1. The van der Waals surface area contributed by atoms with Crippen molar-refractivity contribution in [1.29, 1.82) is 0 Å². The van der Waals surface area contributed by atoms with Crippen molar-refractivity contribution in [3.05, 3.63) is 17.7 Å². The first kappa shape index (κ1) is 13.2. The molecule has 1 N–H and O–H groups in total. The van der Waals surface area contributed by atoms with Gasteiger partial charge in [0.15, 0.2) is 5.82 Å². The molecule has 3 rings (SSSR count). The third-order valence-electron chi connectivity index (χ3n) is 3.37. The molecule has 2 heterocycles. The average molecular weight is 276 g/mol. The molecule has 0 unspecified atom stereocenters. The Hall–Kier alpha value is -1.83. The lowest BCUT2D eigenvalue weighted by Crippen LogP contribution is -2.15. The highest BCUT2D eigenvalue weighted by atomic mass is 15.6. The molecule has 2 aromatic heterocycles. The molecule has 0 bridgehead atoms. The molecular formula is C12H20N8. The highest BCUT2D eigenvalue weighted by Gasteiger charge is 2.20. The molecule has 1 fully saturated rings. The Kier molecular flexibility index (Phi) is 4.00. The van der Waals surface area contributed by atoms with Gasteiger partial charge in [0.1, 0.15) is 6.54 Å². The molecule has 1 aliphatic carbocycles. The first-order valence-corrected chi connectivity index (χ1v) is 7.22. The van der Waals surface area contributed by atoms with Crippen LogP contribution in [0.5, 0.6) is 0 Å². The molecule has 20 heavy (non-hydrogen) atoms. The minimum Gasteiger partial charge on any atom is -0.308 e.